The summed E-state index contributed by atoms with van der Waals surface area (Å²) in [5, 5.41) is -0.540. The van der Waals surface area contributed by atoms with Crippen LogP contribution >= 0.6 is 0 Å². The fraction of sp³-hybridized carbons (Fsp3) is 0. The molecule has 0 radical (unpaired) electrons. The van der Waals surface area contributed by atoms with Crippen molar-refractivity contribution in [2.24, 2.45) is 0 Å². The molecule has 9 aromatic rings. The third-order valence-electron chi connectivity index (χ3n) is 7.14. The first-order valence-electron chi connectivity index (χ1n) is 32.3. The molecule has 1 heterocycles. The molecule has 0 spiro atoms. The molecule has 0 saturated heterocycles. The molecule has 246 valence electrons. The second-order valence-corrected chi connectivity index (χ2v) is 10.3. The number of hydrogen-bond donors (Lipinski definition) is 0. The van der Waals surface area contributed by atoms with E-state index >= 15 is 0 Å². The predicted octanol–water partition coefficient (Wildman–Crippen LogP) is 14.2. The molecule has 0 atom stereocenters. The Morgan fingerprint density at radius 3 is 1.19 bits per heavy atom. The second kappa shape index (κ2) is 13.8. The van der Waals surface area contributed by atoms with Gasteiger partial charge >= 0.3 is 0 Å². The van der Waals surface area contributed by atoms with Crippen LogP contribution in [0.4, 0.5) is 17.1 Å². The molecule has 0 fully saturated rings. The highest BCUT2D eigenvalue weighted by Gasteiger charge is 2.15. The van der Waals surface area contributed by atoms with Crippen molar-refractivity contribution in [2.75, 3.05) is 4.90 Å². The lowest BCUT2D eigenvalue weighted by molar-refractivity contribution is 0.632. The van der Waals surface area contributed by atoms with Crippen LogP contribution in [0.25, 0.3) is 66.8 Å². The minimum absolute atomic E-state index is 0.230. The van der Waals surface area contributed by atoms with E-state index in [2.05, 4.69) is 0 Å². The first kappa shape index (κ1) is 11.3. The highest BCUT2D eigenvalue weighted by Crippen LogP contribution is 2.39. The topological polar surface area (TPSA) is 16.4 Å². The summed E-state index contributed by atoms with van der Waals surface area (Å²) < 4.78 is 316. The van der Waals surface area contributed by atoms with Crippen LogP contribution < -0.4 is 4.90 Å². The van der Waals surface area contributed by atoms with Gasteiger partial charge in [0.2, 0.25) is 0 Å². The van der Waals surface area contributed by atoms with Crippen LogP contribution in [0.5, 0.6) is 0 Å². The minimum Gasteiger partial charge on any atom is -0.456 e. The molecule has 0 amide bonds. The van der Waals surface area contributed by atoms with Crippen molar-refractivity contribution in [2.45, 2.75) is 0 Å². The Bertz CT molecular complexity index is 4330. The summed E-state index contributed by atoms with van der Waals surface area (Å²) in [6.45, 7) is 0. The van der Waals surface area contributed by atoms with Crippen molar-refractivity contribution in [3.8, 4) is 55.8 Å². The maximum absolute atomic E-state index is 9.55. The normalized spacial score (nSPS) is 20.5. The van der Waals surface area contributed by atoms with Gasteiger partial charge in [0, 0.05) is 28.0 Å². The zero-order valence-electron chi connectivity index (χ0n) is 60.9. The van der Waals surface area contributed by atoms with Gasteiger partial charge in [-0.05, 0) is 92.8 Å². The lowest BCUT2D eigenvalue weighted by atomic mass is 9.96. The highest BCUT2D eigenvalue weighted by molar-refractivity contribution is 5.89. The zero-order chi connectivity index (χ0) is 65.2. The van der Waals surface area contributed by atoms with Crippen LogP contribution in [0.3, 0.4) is 0 Å². The van der Waals surface area contributed by atoms with Crippen molar-refractivity contribution >= 4 is 28.0 Å². The Kier molecular flexibility index (Phi) is 2.99. The number of rotatable bonds is 8. The van der Waals surface area contributed by atoms with Gasteiger partial charge in [0.15, 0.2) is 0 Å². The molecule has 0 saturated carbocycles. The summed E-state index contributed by atoms with van der Waals surface area (Å²) >= 11 is 0. The molecule has 0 aliphatic rings. The maximum Gasteiger partial charge on any atom is 0.136 e. The first-order chi connectivity index (χ1) is 40.4. The SMILES string of the molecule is [2H]c1c([2H])c([2H])c(-c2c([2H])c([2H])c(N(c3c([2H])c([2H])c(-c4c([2H])c([2H])c([2H])c([2H])c4[2H])c([2H])c3[2H])c3c([2H])c([2H])c(-c4c([2H])c([2H])c(-c5c([2H])c([2H])c([2H])c([2H])c5-c5oc6c([2H])c([2H])c([2H])c([2H])c6c5[2H])c([2H])c4[2H])c([2H])c3[2H])c([2H])c2[2H])c([2H])c1[2H]. The van der Waals surface area contributed by atoms with E-state index in [-0.39, 0.29) is 4.90 Å². The van der Waals surface area contributed by atoms with Crippen molar-refractivity contribution in [3.05, 3.63) is 211 Å². The summed E-state index contributed by atoms with van der Waals surface area (Å²) in [7, 11) is 0. The Labute approximate surface area is 353 Å². The molecule has 9 rings (SSSR count). The van der Waals surface area contributed by atoms with Crippen LogP contribution in [-0.2, 0) is 0 Å². The smallest absolute Gasteiger partial charge is 0.136 e. The quantitative estimate of drug-likeness (QED) is 0.157. The third kappa shape index (κ3) is 6.19. The number of para-hydroxylation sites is 1. The second-order valence-electron chi connectivity index (χ2n) is 10.3. The molecular weight excluding hydrogens is 631 g/mol. The molecule has 2 nitrogen and oxygen atoms in total. The summed E-state index contributed by atoms with van der Waals surface area (Å²) in [5.41, 5.74) is -12.7. The number of hydrogen-bond acceptors (Lipinski definition) is 2. The van der Waals surface area contributed by atoms with Crippen LogP contribution in [0.15, 0.2) is 216 Å². The number of nitrogens with zero attached hydrogens (tertiary/aromatic N) is 1. The van der Waals surface area contributed by atoms with E-state index in [1.165, 1.54) is 0 Å². The summed E-state index contributed by atoms with van der Waals surface area (Å²) in [4.78, 5) is 0.230. The van der Waals surface area contributed by atoms with Crippen LogP contribution in [0, 0.1) is 0 Å². The van der Waals surface area contributed by atoms with Gasteiger partial charge in [0.1, 0.15) is 11.3 Å². The molecule has 8 aromatic carbocycles. The number of benzene rings is 8. The number of anilines is 3. The largest absolute Gasteiger partial charge is 0.456 e. The number of fused-ring (bicyclic) bond motifs is 1. The maximum atomic E-state index is 9.55. The molecule has 0 aliphatic carbocycles. The highest BCUT2D eigenvalue weighted by atomic mass is 16.3. The minimum atomic E-state index is -1.38. The van der Waals surface area contributed by atoms with Crippen LogP contribution in [0.2, 0.25) is 0 Å². The van der Waals surface area contributed by atoms with Gasteiger partial charge in [-0.25, -0.2) is 0 Å². The Hall–Kier alpha value is -6.90. The van der Waals surface area contributed by atoms with E-state index in [0.717, 1.165) is 0 Å². The van der Waals surface area contributed by atoms with E-state index in [9.17, 15) is 21.9 Å². The number of furan rings is 1. The van der Waals surface area contributed by atoms with Gasteiger partial charge in [-0.15, -0.1) is 0 Å². The van der Waals surface area contributed by atoms with Gasteiger partial charge in [0.05, 0.1) is 48.0 Å². The van der Waals surface area contributed by atoms with E-state index in [4.69, 9.17) is 30.5 Å². The van der Waals surface area contributed by atoms with Gasteiger partial charge < -0.3 is 9.32 Å². The molecule has 52 heavy (non-hydrogen) atoms. The van der Waals surface area contributed by atoms with Crippen LogP contribution in [-0.4, -0.2) is 0 Å². The summed E-state index contributed by atoms with van der Waals surface area (Å²) in [6.07, 6.45) is 0. The van der Waals surface area contributed by atoms with E-state index in [0.29, 0.717) is 0 Å². The summed E-state index contributed by atoms with van der Waals surface area (Å²) in [5.74, 6) is -0.824. The average Bonchev–Trinajstić information content (AvgIpc) is 1.69. The molecule has 2 heteroatoms. The van der Waals surface area contributed by atoms with E-state index < -0.39 is 295 Å². The lowest BCUT2D eigenvalue weighted by Gasteiger charge is -2.26. The van der Waals surface area contributed by atoms with Crippen molar-refractivity contribution < 1.29 is 52.4 Å². The molecule has 0 unspecified atom stereocenters. The zero-order valence-corrected chi connectivity index (χ0v) is 25.9. The molecule has 0 N–H and O–H groups in total. The Morgan fingerprint density at radius 2 is 0.692 bits per heavy atom. The van der Waals surface area contributed by atoms with Crippen molar-refractivity contribution in [1.29, 1.82) is 0 Å². The summed E-state index contributed by atoms with van der Waals surface area (Å²) in [6, 6.07) is -38.3. The molecule has 0 aliphatic heterocycles. The fourth-order valence-corrected chi connectivity index (χ4v) is 4.77. The van der Waals surface area contributed by atoms with Gasteiger partial charge in [-0.2, -0.15) is 0 Å². The third-order valence-corrected chi connectivity index (χ3v) is 7.14. The van der Waals surface area contributed by atoms with Crippen molar-refractivity contribution in [1.82, 2.24) is 0 Å². The Balaban J connectivity index is 1.38. The van der Waals surface area contributed by atoms with Crippen molar-refractivity contribution in [3.63, 3.8) is 0 Å². The average molecular weight is 701 g/mol. The van der Waals surface area contributed by atoms with E-state index in [1.54, 1.807) is 0 Å². The first-order valence-corrected chi connectivity index (χ1v) is 14.8. The lowest BCUT2D eigenvalue weighted by Crippen LogP contribution is -2.09. The Morgan fingerprint density at radius 1 is 0.327 bits per heavy atom. The molecule has 0 bridgehead atoms. The predicted molar refractivity (Wildman–Crippen MR) is 218 cm³/mol. The molecule has 1 aromatic heterocycles. The van der Waals surface area contributed by atoms with E-state index in [1.807, 2.05) is 0 Å². The monoisotopic (exact) mass is 700 g/mol. The van der Waals surface area contributed by atoms with Gasteiger partial charge in [0.25, 0.3) is 0 Å². The van der Waals surface area contributed by atoms with Gasteiger partial charge in [-0.3, -0.25) is 0 Å². The fourth-order valence-electron chi connectivity index (χ4n) is 4.77. The van der Waals surface area contributed by atoms with Crippen LogP contribution in [0.1, 0.15) is 48.0 Å². The standard InChI is InChI=1S/C50H35NO/c1-3-11-36(12-4-1)39-23-29-44(30-24-39)51(45-31-25-40(26-32-45)37-13-5-2-6-14-37)46-33-27-41(28-34-46)38-19-21-42(22-20-38)47-16-8-9-17-48(47)50-35-43-15-7-10-18-49(43)52-50/h1-35H/i1D,2D,3D,4D,5D,6D,7D,8D,9D,10D,11D,12D,13D,14D,15D,16D,17D,18D,19D,20D,21D,22D,23D,24D,25D,26D,27D,28D,29D,30D,31D,32D,33D,34D,35D. The molecular formula is C50H35NO. The van der Waals surface area contributed by atoms with Gasteiger partial charge in [-0.1, -0.05) is 163 Å².